The van der Waals surface area contributed by atoms with Crippen molar-refractivity contribution in [2.75, 3.05) is 19.8 Å². The predicted octanol–water partition coefficient (Wildman–Crippen LogP) is 0.823. The molecule has 0 aliphatic carbocycles. The maximum absolute atomic E-state index is 12.1. The summed E-state index contributed by atoms with van der Waals surface area (Å²) in [5.74, 6) is -0.0187. The summed E-state index contributed by atoms with van der Waals surface area (Å²) in [5, 5.41) is 14.5. The highest BCUT2D eigenvalue weighted by Gasteiger charge is 2.19. The van der Waals surface area contributed by atoms with Gasteiger partial charge in [-0.3, -0.25) is 4.79 Å². The lowest BCUT2D eigenvalue weighted by Gasteiger charge is -2.23. The second-order valence-corrected chi connectivity index (χ2v) is 5.64. The molecule has 2 N–H and O–H groups in total. The third kappa shape index (κ3) is 4.14. The number of hydrogen-bond acceptors (Lipinski definition) is 5. The fourth-order valence-corrected chi connectivity index (χ4v) is 2.53. The number of carbonyl (C=O) groups excluding carboxylic acids is 1. The average Bonchev–Trinajstić information content (AvgIpc) is 3.06. The summed E-state index contributed by atoms with van der Waals surface area (Å²) in [4.78, 5) is 12.1. The second kappa shape index (κ2) is 7.34. The highest BCUT2D eigenvalue weighted by Crippen LogP contribution is 2.12. The van der Waals surface area contributed by atoms with Gasteiger partial charge in [0.1, 0.15) is 5.69 Å². The van der Waals surface area contributed by atoms with Crippen LogP contribution in [0.15, 0.2) is 36.5 Å². The highest BCUT2D eigenvalue weighted by molar-refractivity contribution is 5.77. The Hall–Kier alpha value is -2.25. The van der Waals surface area contributed by atoms with Gasteiger partial charge in [0, 0.05) is 19.0 Å². The summed E-state index contributed by atoms with van der Waals surface area (Å²) in [6.07, 6.45) is 2.24. The molecule has 0 bridgehead atoms. The molecule has 1 aromatic carbocycles. The topological polar surface area (TPSA) is 81.1 Å². The van der Waals surface area contributed by atoms with E-state index < -0.39 is 0 Å². The normalized spacial score (nSPS) is 19.3. The summed E-state index contributed by atoms with van der Waals surface area (Å²) in [7, 11) is 0. The zero-order valence-electron chi connectivity index (χ0n) is 13.1. The molecule has 2 heterocycles. The van der Waals surface area contributed by atoms with E-state index in [4.69, 9.17) is 4.74 Å². The maximum Gasteiger partial charge on any atom is 0.222 e. The van der Waals surface area contributed by atoms with E-state index in [1.54, 1.807) is 4.68 Å². The van der Waals surface area contributed by atoms with Crippen molar-refractivity contribution in [1.82, 2.24) is 25.6 Å². The van der Waals surface area contributed by atoms with Crippen LogP contribution < -0.4 is 10.6 Å². The fourth-order valence-electron chi connectivity index (χ4n) is 2.53. The van der Waals surface area contributed by atoms with Crippen LogP contribution in [0.2, 0.25) is 0 Å². The number of carbonyl (C=O) groups is 1. The first-order chi connectivity index (χ1) is 11.2. The van der Waals surface area contributed by atoms with E-state index in [1.807, 2.05) is 43.5 Å². The molecule has 122 valence electrons. The van der Waals surface area contributed by atoms with Crippen molar-refractivity contribution < 1.29 is 9.53 Å². The number of ether oxygens (including phenoxy) is 1. The lowest BCUT2D eigenvalue weighted by Crippen LogP contribution is -2.44. The lowest BCUT2D eigenvalue weighted by molar-refractivity contribution is -0.122. The number of aromatic nitrogens is 3. The van der Waals surface area contributed by atoms with Gasteiger partial charge in [-0.05, 0) is 19.1 Å². The molecule has 1 aliphatic heterocycles. The molecule has 2 unspecified atom stereocenters. The van der Waals surface area contributed by atoms with E-state index in [0.29, 0.717) is 19.6 Å². The van der Waals surface area contributed by atoms with Crippen LogP contribution in [0.4, 0.5) is 0 Å². The number of rotatable bonds is 5. The van der Waals surface area contributed by atoms with Crippen LogP contribution in [0.5, 0.6) is 0 Å². The third-order valence-corrected chi connectivity index (χ3v) is 3.78. The van der Waals surface area contributed by atoms with Gasteiger partial charge in [0.15, 0.2) is 0 Å². The van der Waals surface area contributed by atoms with Crippen molar-refractivity contribution >= 4 is 5.91 Å². The maximum atomic E-state index is 12.1. The van der Waals surface area contributed by atoms with Crippen LogP contribution in [-0.2, 0) is 9.53 Å². The molecule has 1 fully saturated rings. The number of morpholine rings is 1. The Bertz CT molecular complexity index is 637. The first-order valence-electron chi connectivity index (χ1n) is 7.80. The smallest absolute Gasteiger partial charge is 0.222 e. The summed E-state index contributed by atoms with van der Waals surface area (Å²) in [6.45, 7) is 3.98. The molecule has 1 aliphatic rings. The zero-order chi connectivity index (χ0) is 16.1. The van der Waals surface area contributed by atoms with Crippen molar-refractivity contribution in [1.29, 1.82) is 0 Å². The number of hydrogen-bond donors (Lipinski definition) is 2. The minimum absolute atomic E-state index is 0.0187. The standard InChI is InChI=1S/C16H21N5O2/c1-12(18-16(22)9-13-11-23-8-7-17-13)15-10-21(20-19-15)14-5-3-2-4-6-14/h2-6,10,12-13,17H,7-9,11H2,1H3,(H,18,22). The summed E-state index contributed by atoms with van der Waals surface area (Å²) < 4.78 is 7.06. The number of benzene rings is 1. The molecular weight excluding hydrogens is 294 g/mol. The van der Waals surface area contributed by atoms with E-state index in [-0.39, 0.29) is 18.0 Å². The number of para-hydroxylation sites is 1. The Kier molecular flexibility index (Phi) is 4.99. The van der Waals surface area contributed by atoms with Crippen LogP contribution >= 0.6 is 0 Å². The van der Waals surface area contributed by atoms with Crippen molar-refractivity contribution in [2.45, 2.75) is 25.4 Å². The Labute approximate surface area is 135 Å². The summed E-state index contributed by atoms with van der Waals surface area (Å²) in [5.41, 5.74) is 1.67. The van der Waals surface area contributed by atoms with Crippen LogP contribution in [0.1, 0.15) is 25.1 Å². The highest BCUT2D eigenvalue weighted by atomic mass is 16.5. The van der Waals surface area contributed by atoms with E-state index in [2.05, 4.69) is 20.9 Å². The molecule has 0 saturated carbocycles. The lowest BCUT2D eigenvalue weighted by atomic mass is 10.1. The Morgan fingerprint density at radius 1 is 1.48 bits per heavy atom. The fraction of sp³-hybridized carbons (Fsp3) is 0.438. The van der Waals surface area contributed by atoms with Gasteiger partial charge >= 0.3 is 0 Å². The molecule has 7 heteroatoms. The predicted molar refractivity (Wildman–Crippen MR) is 85.1 cm³/mol. The van der Waals surface area contributed by atoms with Crippen LogP contribution in [0, 0.1) is 0 Å². The molecule has 1 saturated heterocycles. The molecule has 0 spiro atoms. The van der Waals surface area contributed by atoms with Crippen molar-refractivity contribution in [3.63, 3.8) is 0 Å². The second-order valence-electron chi connectivity index (χ2n) is 5.64. The van der Waals surface area contributed by atoms with Gasteiger partial charge in [-0.1, -0.05) is 23.4 Å². The van der Waals surface area contributed by atoms with Gasteiger partial charge in [0.05, 0.1) is 31.1 Å². The molecule has 2 atom stereocenters. The van der Waals surface area contributed by atoms with Gasteiger partial charge in [0.25, 0.3) is 0 Å². The van der Waals surface area contributed by atoms with E-state index in [1.165, 1.54) is 0 Å². The van der Waals surface area contributed by atoms with E-state index in [9.17, 15) is 4.79 Å². The monoisotopic (exact) mass is 315 g/mol. The Morgan fingerprint density at radius 2 is 2.30 bits per heavy atom. The van der Waals surface area contributed by atoms with E-state index >= 15 is 0 Å². The van der Waals surface area contributed by atoms with Gasteiger partial charge in [-0.25, -0.2) is 4.68 Å². The van der Waals surface area contributed by atoms with Crippen molar-refractivity contribution in [2.24, 2.45) is 0 Å². The summed E-state index contributed by atoms with van der Waals surface area (Å²) >= 11 is 0. The molecular formula is C16H21N5O2. The van der Waals surface area contributed by atoms with Gasteiger partial charge in [-0.2, -0.15) is 0 Å². The van der Waals surface area contributed by atoms with Crippen molar-refractivity contribution in [3.05, 3.63) is 42.2 Å². The largest absolute Gasteiger partial charge is 0.378 e. The van der Waals surface area contributed by atoms with Crippen LogP contribution in [-0.4, -0.2) is 46.7 Å². The average molecular weight is 315 g/mol. The molecule has 2 aromatic rings. The van der Waals surface area contributed by atoms with Gasteiger partial charge < -0.3 is 15.4 Å². The first kappa shape index (κ1) is 15.6. The molecule has 1 aromatic heterocycles. The molecule has 0 radical (unpaired) electrons. The SMILES string of the molecule is CC(NC(=O)CC1COCCN1)c1cn(-c2ccccc2)nn1. The van der Waals surface area contributed by atoms with E-state index in [0.717, 1.165) is 17.9 Å². The first-order valence-corrected chi connectivity index (χ1v) is 7.80. The number of nitrogens with zero attached hydrogens (tertiary/aromatic N) is 3. The number of amides is 1. The molecule has 3 rings (SSSR count). The molecule has 7 nitrogen and oxygen atoms in total. The summed E-state index contributed by atoms with van der Waals surface area (Å²) in [6, 6.07) is 9.64. The van der Waals surface area contributed by atoms with Crippen LogP contribution in [0.25, 0.3) is 5.69 Å². The number of nitrogens with one attached hydrogen (secondary N) is 2. The van der Waals surface area contributed by atoms with Crippen LogP contribution in [0.3, 0.4) is 0 Å². The van der Waals surface area contributed by atoms with Gasteiger partial charge in [0.2, 0.25) is 5.91 Å². The minimum atomic E-state index is -0.190. The zero-order valence-corrected chi connectivity index (χ0v) is 13.1. The quantitative estimate of drug-likeness (QED) is 0.854. The van der Waals surface area contributed by atoms with Crippen molar-refractivity contribution in [3.8, 4) is 5.69 Å². The molecule has 23 heavy (non-hydrogen) atoms. The Balaban J connectivity index is 1.56. The minimum Gasteiger partial charge on any atom is -0.378 e. The molecule has 1 amide bonds. The third-order valence-electron chi connectivity index (χ3n) is 3.78. The van der Waals surface area contributed by atoms with Gasteiger partial charge in [-0.15, -0.1) is 5.10 Å². The Morgan fingerprint density at radius 3 is 3.04 bits per heavy atom.